The van der Waals surface area contributed by atoms with Crippen molar-refractivity contribution in [3.05, 3.63) is 88.3 Å². The number of para-hydroxylation sites is 3. The maximum absolute atomic E-state index is 11.4. The first-order valence-corrected chi connectivity index (χ1v) is 18.6. The monoisotopic (exact) mass is 700 g/mol. The molecule has 0 aromatic heterocycles. The van der Waals surface area contributed by atoms with E-state index in [2.05, 4.69) is 159 Å². The first kappa shape index (κ1) is 41.7. The average molecular weight is 700 g/mol. The van der Waals surface area contributed by atoms with E-state index in [4.69, 9.17) is 9.47 Å². The van der Waals surface area contributed by atoms with Gasteiger partial charge in [-0.15, -0.1) is 0 Å². The van der Waals surface area contributed by atoms with Crippen LogP contribution in [0.4, 0.5) is 5.69 Å². The number of carbonyl (C=O) groups excluding carboxylic acids is 1. The number of carbonyl (C=O) groups is 1. The summed E-state index contributed by atoms with van der Waals surface area (Å²) in [4.78, 5) is 11.4. The molecule has 1 amide bonds. The standard InChI is InChI=1S/C17H25NO.C16H23NO.C12H21NO/c1-16(2,3)14-15(17(4,5)6)19-13-10-8-7-9-12(13)11-18-14;1-15(2,3)13-14(16(4,5)6)18-12-10-8-7-9-11(12)17-13;1-11(2,3)8-7-9(14)13-10(8)12(4,5)6/h7-10,18H,11H2,1-6H3;7-10,17H,1-6H3;7H2,1-6H3,(H,13,14). The van der Waals surface area contributed by atoms with Crippen LogP contribution in [-0.4, -0.2) is 5.91 Å². The van der Waals surface area contributed by atoms with Gasteiger partial charge in [-0.25, -0.2) is 0 Å². The molecular formula is C45H69N3O3. The van der Waals surface area contributed by atoms with Crippen LogP contribution in [0.15, 0.2) is 82.7 Å². The highest BCUT2D eigenvalue weighted by molar-refractivity contribution is 5.84. The fourth-order valence-electron chi connectivity index (χ4n) is 6.16. The van der Waals surface area contributed by atoms with Crippen LogP contribution in [0.3, 0.4) is 0 Å². The molecule has 2 aromatic rings. The van der Waals surface area contributed by atoms with E-state index in [1.807, 2.05) is 30.3 Å². The molecule has 3 aliphatic heterocycles. The number of anilines is 1. The van der Waals surface area contributed by atoms with E-state index >= 15 is 0 Å². The van der Waals surface area contributed by atoms with Gasteiger partial charge in [0.1, 0.15) is 23.0 Å². The maximum Gasteiger partial charge on any atom is 0.228 e. The zero-order chi connectivity index (χ0) is 39.0. The molecule has 6 nitrogen and oxygen atoms in total. The summed E-state index contributed by atoms with van der Waals surface area (Å²) in [6, 6.07) is 16.3. The van der Waals surface area contributed by atoms with E-state index in [1.165, 1.54) is 22.5 Å². The Morgan fingerprint density at radius 3 is 1.41 bits per heavy atom. The number of rotatable bonds is 0. The minimum Gasteiger partial charge on any atom is -0.459 e. The van der Waals surface area contributed by atoms with E-state index in [0.29, 0.717) is 6.42 Å². The molecule has 2 aromatic carbocycles. The van der Waals surface area contributed by atoms with Crippen molar-refractivity contribution in [1.82, 2.24) is 10.6 Å². The largest absolute Gasteiger partial charge is 0.459 e. The summed E-state index contributed by atoms with van der Waals surface area (Å²) in [5.41, 5.74) is 7.20. The minimum absolute atomic E-state index is 0.0108. The van der Waals surface area contributed by atoms with Crippen LogP contribution < -0.4 is 25.4 Å². The molecule has 3 aliphatic rings. The van der Waals surface area contributed by atoms with Crippen LogP contribution in [0.1, 0.15) is 137 Å². The highest BCUT2D eigenvalue weighted by Gasteiger charge is 2.36. The van der Waals surface area contributed by atoms with Crippen LogP contribution >= 0.6 is 0 Å². The highest BCUT2D eigenvalue weighted by atomic mass is 16.5. The molecule has 0 radical (unpaired) electrons. The van der Waals surface area contributed by atoms with Crippen LogP contribution in [0.5, 0.6) is 11.5 Å². The predicted molar refractivity (Wildman–Crippen MR) is 215 cm³/mol. The Balaban J connectivity index is 0.000000209. The van der Waals surface area contributed by atoms with Crippen LogP contribution in [0.2, 0.25) is 0 Å². The average Bonchev–Trinajstić information content (AvgIpc) is 3.27. The zero-order valence-electron chi connectivity index (χ0n) is 35.3. The van der Waals surface area contributed by atoms with Crippen molar-refractivity contribution in [2.45, 2.75) is 138 Å². The van der Waals surface area contributed by atoms with E-state index < -0.39 is 0 Å². The van der Waals surface area contributed by atoms with Crippen molar-refractivity contribution in [2.24, 2.45) is 32.5 Å². The van der Waals surface area contributed by atoms with Crippen molar-refractivity contribution < 1.29 is 14.3 Å². The zero-order valence-corrected chi connectivity index (χ0v) is 35.3. The van der Waals surface area contributed by atoms with Gasteiger partial charge in [-0.2, -0.15) is 0 Å². The second-order valence-corrected chi connectivity index (χ2v) is 20.3. The molecule has 0 saturated heterocycles. The summed E-state index contributed by atoms with van der Waals surface area (Å²) < 4.78 is 12.4. The number of allylic oxidation sites excluding steroid dienone is 5. The molecule has 3 heterocycles. The number of benzene rings is 2. The van der Waals surface area contributed by atoms with Gasteiger partial charge < -0.3 is 25.4 Å². The Labute approximate surface area is 310 Å². The molecule has 0 bridgehead atoms. The van der Waals surface area contributed by atoms with E-state index in [0.717, 1.165) is 40.9 Å². The Morgan fingerprint density at radius 2 is 0.941 bits per heavy atom. The molecule has 0 saturated carbocycles. The van der Waals surface area contributed by atoms with Gasteiger partial charge in [-0.05, 0) is 29.2 Å². The third kappa shape index (κ3) is 10.9. The van der Waals surface area contributed by atoms with Gasteiger partial charge in [0.05, 0.1) is 23.5 Å². The number of ether oxygens (including phenoxy) is 2. The third-order valence-electron chi connectivity index (χ3n) is 8.87. The van der Waals surface area contributed by atoms with E-state index in [9.17, 15) is 4.79 Å². The quantitative estimate of drug-likeness (QED) is 0.255. The molecule has 0 atom stereocenters. The molecule has 6 heteroatoms. The van der Waals surface area contributed by atoms with Crippen molar-refractivity contribution in [2.75, 3.05) is 5.32 Å². The lowest BCUT2D eigenvalue weighted by Gasteiger charge is -2.37. The van der Waals surface area contributed by atoms with Gasteiger partial charge >= 0.3 is 0 Å². The number of nitrogens with one attached hydrogen (secondary N) is 3. The highest BCUT2D eigenvalue weighted by Crippen LogP contribution is 2.44. The van der Waals surface area contributed by atoms with Crippen LogP contribution in [0, 0.1) is 32.5 Å². The van der Waals surface area contributed by atoms with Crippen molar-refractivity contribution in [3.8, 4) is 11.5 Å². The fourth-order valence-corrected chi connectivity index (χ4v) is 6.16. The Bertz CT molecular complexity index is 1590. The molecule has 0 fully saturated rings. The Kier molecular flexibility index (Phi) is 12.1. The molecule has 282 valence electrons. The van der Waals surface area contributed by atoms with Gasteiger partial charge in [0.15, 0.2) is 0 Å². The van der Waals surface area contributed by atoms with Gasteiger partial charge in [0.25, 0.3) is 0 Å². The molecule has 5 rings (SSSR count). The topological polar surface area (TPSA) is 71.6 Å². The number of hydrogen-bond acceptors (Lipinski definition) is 5. The summed E-state index contributed by atoms with van der Waals surface area (Å²) in [6.45, 7) is 40.2. The van der Waals surface area contributed by atoms with Crippen molar-refractivity contribution in [3.63, 3.8) is 0 Å². The minimum atomic E-state index is -0.0208. The summed E-state index contributed by atoms with van der Waals surface area (Å²) in [7, 11) is 0. The maximum atomic E-state index is 11.4. The summed E-state index contributed by atoms with van der Waals surface area (Å²) in [5, 5.41) is 10.1. The Morgan fingerprint density at radius 1 is 0.490 bits per heavy atom. The first-order chi connectivity index (χ1) is 23.0. The van der Waals surface area contributed by atoms with Gasteiger partial charge in [0.2, 0.25) is 5.91 Å². The number of fused-ring (bicyclic) bond motifs is 2. The normalized spacial score (nSPS) is 16.9. The first-order valence-electron chi connectivity index (χ1n) is 18.6. The number of amides is 1. The van der Waals surface area contributed by atoms with Gasteiger partial charge in [-0.3, -0.25) is 4.79 Å². The lowest BCUT2D eigenvalue weighted by Crippen LogP contribution is -2.30. The van der Waals surface area contributed by atoms with Crippen LogP contribution in [-0.2, 0) is 11.3 Å². The number of hydrogen-bond donors (Lipinski definition) is 3. The van der Waals surface area contributed by atoms with Crippen LogP contribution in [0.25, 0.3) is 0 Å². The smallest absolute Gasteiger partial charge is 0.228 e. The third-order valence-corrected chi connectivity index (χ3v) is 8.87. The summed E-state index contributed by atoms with van der Waals surface area (Å²) >= 11 is 0. The lowest BCUT2D eigenvalue weighted by molar-refractivity contribution is -0.119. The molecule has 0 unspecified atom stereocenters. The second-order valence-electron chi connectivity index (χ2n) is 20.3. The lowest BCUT2D eigenvalue weighted by atomic mass is 9.79. The van der Waals surface area contributed by atoms with Gasteiger partial charge in [0, 0.05) is 44.9 Å². The predicted octanol–water partition coefficient (Wildman–Crippen LogP) is 12.1. The van der Waals surface area contributed by atoms with Crippen molar-refractivity contribution in [1.29, 1.82) is 0 Å². The Hall–Kier alpha value is -3.67. The summed E-state index contributed by atoms with van der Waals surface area (Å²) in [5.74, 6) is 4.10. The van der Waals surface area contributed by atoms with Gasteiger partial charge in [-0.1, -0.05) is 155 Å². The van der Waals surface area contributed by atoms with Crippen molar-refractivity contribution >= 4 is 11.6 Å². The summed E-state index contributed by atoms with van der Waals surface area (Å²) in [6.07, 6.45) is 0.566. The van der Waals surface area contributed by atoms with E-state index in [-0.39, 0.29) is 38.4 Å². The fraction of sp³-hybridized carbons (Fsp3) is 0.578. The molecular weight excluding hydrogens is 631 g/mol. The van der Waals surface area contributed by atoms with E-state index in [1.54, 1.807) is 0 Å². The molecule has 0 aliphatic carbocycles. The second kappa shape index (κ2) is 14.8. The molecule has 51 heavy (non-hydrogen) atoms. The molecule has 3 N–H and O–H groups in total. The molecule has 0 spiro atoms. The SMILES string of the molecule is CC(C)(C)C1=C(C(C)(C)C)NC(=O)C1.CC(C)(C)C1=C(C(C)(C)C)Oc2ccccc2CN1.CC(C)(C)C1=C(C(C)(C)C)Oc2ccccc2N1.